The fraction of sp³-hybridized carbons (Fsp3) is 0.500. The van der Waals surface area contributed by atoms with E-state index in [1.54, 1.807) is 13.8 Å². The lowest BCUT2D eigenvalue weighted by Gasteiger charge is -2.03. The first-order chi connectivity index (χ1) is 8.02. The summed E-state index contributed by atoms with van der Waals surface area (Å²) in [6.45, 7) is 3.34. The minimum absolute atomic E-state index is 0.0250. The number of anilines is 1. The maximum atomic E-state index is 11.6. The van der Waals surface area contributed by atoms with Crippen LogP contribution in [0.3, 0.4) is 0 Å². The monoisotopic (exact) mass is 241 g/mol. The van der Waals surface area contributed by atoms with Crippen molar-refractivity contribution in [2.75, 3.05) is 26.1 Å². The normalized spacial score (nSPS) is 10.3. The van der Waals surface area contributed by atoms with E-state index in [2.05, 4.69) is 9.84 Å². The van der Waals surface area contributed by atoms with Gasteiger partial charge in [0.15, 0.2) is 0 Å². The molecule has 0 unspecified atom stereocenters. The van der Waals surface area contributed by atoms with Crippen LogP contribution in [0.5, 0.6) is 0 Å². The summed E-state index contributed by atoms with van der Waals surface area (Å²) in [5, 5.41) is 3.89. The Hall–Kier alpha value is -1.89. The second-order valence-corrected chi connectivity index (χ2v) is 3.30. The lowest BCUT2D eigenvalue weighted by atomic mass is 10.2. The van der Waals surface area contributed by atoms with Crippen molar-refractivity contribution in [2.45, 2.75) is 13.8 Å². The molecular formula is C10H15N3O4. The van der Waals surface area contributed by atoms with Gasteiger partial charge in [0.05, 0.1) is 12.3 Å². The van der Waals surface area contributed by atoms with Gasteiger partial charge in [-0.2, -0.15) is 9.78 Å². The number of nitrogens with two attached hydrogens (primary N) is 1. The van der Waals surface area contributed by atoms with Crippen molar-refractivity contribution >= 4 is 17.7 Å². The molecule has 17 heavy (non-hydrogen) atoms. The number of nitrogens with zero attached hydrogens (tertiary/aromatic N) is 2. The number of carbonyl (C=O) groups excluding carboxylic acids is 2. The van der Waals surface area contributed by atoms with Gasteiger partial charge >= 0.3 is 5.97 Å². The molecule has 1 aromatic rings. The number of hydrogen-bond donors (Lipinski definition) is 1. The summed E-state index contributed by atoms with van der Waals surface area (Å²) in [7, 11) is 1.39. The van der Waals surface area contributed by atoms with Crippen LogP contribution in [0.4, 0.5) is 5.82 Å². The first-order valence-electron chi connectivity index (χ1n) is 5.07. The summed E-state index contributed by atoms with van der Waals surface area (Å²) in [5.74, 6) is -1.05. The summed E-state index contributed by atoms with van der Waals surface area (Å²) in [6.07, 6.45) is 0. The van der Waals surface area contributed by atoms with Crippen LogP contribution in [0.2, 0.25) is 0 Å². The molecule has 1 rings (SSSR count). The number of esters is 1. The zero-order valence-corrected chi connectivity index (χ0v) is 10.0. The first kappa shape index (κ1) is 13.2. The van der Waals surface area contributed by atoms with Crippen LogP contribution < -0.4 is 5.73 Å². The average Bonchev–Trinajstić information content (AvgIpc) is 2.55. The highest BCUT2D eigenvalue weighted by Crippen LogP contribution is 2.17. The SMILES string of the molecule is CCOC(=O)c1c(C)nn(C(=O)COC)c1N. The molecule has 0 aliphatic heterocycles. The van der Waals surface area contributed by atoms with E-state index in [-0.39, 0.29) is 24.6 Å². The van der Waals surface area contributed by atoms with Crippen LogP contribution in [-0.2, 0) is 9.47 Å². The zero-order chi connectivity index (χ0) is 13.0. The van der Waals surface area contributed by atoms with Crippen LogP contribution in [0, 0.1) is 6.92 Å². The lowest BCUT2D eigenvalue weighted by Crippen LogP contribution is -2.20. The molecule has 94 valence electrons. The first-order valence-corrected chi connectivity index (χ1v) is 5.07. The molecule has 0 saturated heterocycles. The van der Waals surface area contributed by atoms with Gasteiger partial charge in [-0.15, -0.1) is 0 Å². The van der Waals surface area contributed by atoms with Gasteiger partial charge in [0.1, 0.15) is 18.0 Å². The molecule has 1 heterocycles. The van der Waals surface area contributed by atoms with Gasteiger partial charge in [-0.3, -0.25) is 4.79 Å². The van der Waals surface area contributed by atoms with Crippen molar-refractivity contribution in [1.29, 1.82) is 0 Å². The molecular weight excluding hydrogens is 226 g/mol. The highest BCUT2D eigenvalue weighted by atomic mass is 16.5. The van der Waals surface area contributed by atoms with Gasteiger partial charge in [-0.25, -0.2) is 4.79 Å². The number of nitrogen functional groups attached to an aromatic ring is 1. The fourth-order valence-electron chi connectivity index (χ4n) is 1.38. The Morgan fingerprint density at radius 3 is 2.65 bits per heavy atom. The Balaban J connectivity index is 3.09. The van der Waals surface area contributed by atoms with E-state index in [1.807, 2.05) is 0 Å². The summed E-state index contributed by atoms with van der Waals surface area (Å²) >= 11 is 0. The predicted octanol–water partition coefficient (Wildman–Crippen LogP) is 0.237. The molecule has 0 atom stereocenters. The van der Waals surface area contributed by atoms with E-state index in [0.717, 1.165) is 4.68 Å². The Morgan fingerprint density at radius 2 is 2.12 bits per heavy atom. The minimum atomic E-state index is -0.584. The molecule has 0 saturated carbocycles. The fourth-order valence-corrected chi connectivity index (χ4v) is 1.38. The number of aromatic nitrogens is 2. The Kier molecular flexibility index (Phi) is 4.22. The summed E-state index contributed by atoms with van der Waals surface area (Å²) in [5.41, 5.74) is 6.16. The number of rotatable bonds is 4. The van der Waals surface area contributed by atoms with Gasteiger partial charge in [-0.05, 0) is 13.8 Å². The molecule has 0 amide bonds. The van der Waals surface area contributed by atoms with Crippen molar-refractivity contribution in [3.8, 4) is 0 Å². The van der Waals surface area contributed by atoms with Crippen molar-refractivity contribution in [3.63, 3.8) is 0 Å². The van der Waals surface area contributed by atoms with Gasteiger partial charge in [0, 0.05) is 7.11 Å². The quantitative estimate of drug-likeness (QED) is 0.758. The highest BCUT2D eigenvalue weighted by Gasteiger charge is 2.23. The molecule has 7 nitrogen and oxygen atoms in total. The topological polar surface area (TPSA) is 96.4 Å². The molecule has 2 N–H and O–H groups in total. The maximum absolute atomic E-state index is 11.6. The van der Waals surface area contributed by atoms with Crippen LogP contribution in [-0.4, -0.2) is 42.0 Å². The molecule has 0 bridgehead atoms. The van der Waals surface area contributed by atoms with E-state index in [4.69, 9.17) is 10.5 Å². The molecule has 0 spiro atoms. The Bertz CT molecular complexity index is 439. The van der Waals surface area contributed by atoms with Gasteiger partial charge in [0.2, 0.25) is 0 Å². The van der Waals surface area contributed by atoms with Crippen LogP contribution >= 0.6 is 0 Å². The molecule has 7 heteroatoms. The number of ether oxygens (including phenoxy) is 2. The second-order valence-electron chi connectivity index (χ2n) is 3.30. The van der Waals surface area contributed by atoms with E-state index < -0.39 is 11.9 Å². The van der Waals surface area contributed by atoms with Crippen molar-refractivity contribution in [3.05, 3.63) is 11.3 Å². The minimum Gasteiger partial charge on any atom is -0.462 e. The number of carbonyl (C=O) groups is 2. The third-order valence-electron chi connectivity index (χ3n) is 2.08. The molecule has 0 aliphatic carbocycles. The zero-order valence-electron chi connectivity index (χ0n) is 10.0. The smallest absolute Gasteiger partial charge is 0.343 e. The van der Waals surface area contributed by atoms with E-state index in [1.165, 1.54) is 7.11 Å². The van der Waals surface area contributed by atoms with Crippen molar-refractivity contribution in [1.82, 2.24) is 9.78 Å². The summed E-state index contributed by atoms with van der Waals surface area (Å²) in [6, 6.07) is 0. The number of methoxy groups -OCH3 is 1. The molecule has 0 fully saturated rings. The van der Waals surface area contributed by atoms with Gasteiger partial charge in [-0.1, -0.05) is 0 Å². The molecule has 0 aromatic carbocycles. The molecule has 0 aliphatic rings. The van der Waals surface area contributed by atoms with E-state index >= 15 is 0 Å². The molecule has 1 aromatic heterocycles. The second kappa shape index (κ2) is 5.44. The van der Waals surface area contributed by atoms with Gasteiger partial charge in [0.25, 0.3) is 5.91 Å². The number of aryl methyl sites for hydroxylation is 1. The lowest BCUT2D eigenvalue weighted by molar-refractivity contribution is 0.0527. The molecule has 0 radical (unpaired) electrons. The Morgan fingerprint density at radius 1 is 1.47 bits per heavy atom. The summed E-state index contributed by atoms with van der Waals surface area (Å²) < 4.78 is 10.5. The largest absolute Gasteiger partial charge is 0.462 e. The summed E-state index contributed by atoms with van der Waals surface area (Å²) in [4.78, 5) is 23.1. The Labute approximate surface area is 98.5 Å². The third kappa shape index (κ3) is 2.62. The average molecular weight is 241 g/mol. The van der Waals surface area contributed by atoms with E-state index in [0.29, 0.717) is 5.69 Å². The van der Waals surface area contributed by atoms with Crippen LogP contribution in [0.1, 0.15) is 27.8 Å². The highest BCUT2D eigenvalue weighted by molar-refractivity contribution is 5.98. The van der Waals surface area contributed by atoms with Crippen LogP contribution in [0.15, 0.2) is 0 Å². The van der Waals surface area contributed by atoms with Crippen LogP contribution in [0.25, 0.3) is 0 Å². The number of hydrogen-bond acceptors (Lipinski definition) is 6. The van der Waals surface area contributed by atoms with Gasteiger partial charge < -0.3 is 15.2 Å². The van der Waals surface area contributed by atoms with Crippen molar-refractivity contribution < 1.29 is 19.1 Å². The predicted molar refractivity (Wildman–Crippen MR) is 59.8 cm³/mol. The maximum Gasteiger partial charge on any atom is 0.343 e. The van der Waals surface area contributed by atoms with Crippen molar-refractivity contribution in [2.24, 2.45) is 0 Å². The van der Waals surface area contributed by atoms with E-state index in [9.17, 15) is 9.59 Å². The third-order valence-corrected chi connectivity index (χ3v) is 2.08. The standard InChI is InChI=1S/C10H15N3O4/c1-4-17-10(15)8-6(2)12-13(9(8)11)7(14)5-16-3/h4-5,11H2,1-3H3.